The fourth-order valence-electron chi connectivity index (χ4n) is 2.72. The molecule has 0 unspecified atom stereocenters. The molecule has 5 heteroatoms. The Kier molecular flexibility index (Phi) is 5.62. The molecule has 0 bridgehead atoms. The minimum absolute atomic E-state index is 0.705. The third-order valence-electron chi connectivity index (χ3n) is 4.31. The van der Waals surface area contributed by atoms with Gasteiger partial charge in [-0.2, -0.15) is 0 Å². The lowest BCUT2D eigenvalue weighted by Crippen LogP contribution is -1.87. The summed E-state index contributed by atoms with van der Waals surface area (Å²) in [5.74, 6) is 2.97. The first kappa shape index (κ1) is 19.1. The molecule has 0 saturated carbocycles. The van der Waals surface area contributed by atoms with Crippen LogP contribution in [-0.2, 0) is 0 Å². The summed E-state index contributed by atoms with van der Waals surface area (Å²) in [5, 5.41) is 0. The molecule has 0 radical (unpaired) electrons. The van der Waals surface area contributed by atoms with E-state index in [9.17, 15) is 0 Å². The van der Waals surface area contributed by atoms with Crippen LogP contribution in [0, 0.1) is 0 Å². The minimum Gasteiger partial charge on any atom is -0.457 e. The Morgan fingerprint density at radius 2 is 0.867 bits per heavy atom. The van der Waals surface area contributed by atoms with Gasteiger partial charge < -0.3 is 20.9 Å². The minimum atomic E-state index is 0.705. The van der Waals surface area contributed by atoms with Crippen LogP contribution in [0.25, 0.3) is 0 Å². The molecule has 0 fully saturated rings. The van der Waals surface area contributed by atoms with E-state index < -0.39 is 0 Å². The lowest BCUT2D eigenvalue weighted by atomic mass is 10.2. The molecule has 4 aromatic rings. The third kappa shape index (κ3) is 5.17. The predicted molar refractivity (Wildman–Crippen MR) is 122 cm³/mol. The summed E-state index contributed by atoms with van der Waals surface area (Å²) in [4.78, 5) is 4.51. The Morgan fingerprint density at radius 3 is 1.30 bits per heavy atom. The maximum atomic E-state index is 5.80. The van der Waals surface area contributed by atoms with Crippen molar-refractivity contribution in [3.8, 4) is 23.0 Å². The molecule has 0 heterocycles. The molecule has 4 N–H and O–H groups in total. The van der Waals surface area contributed by atoms with Gasteiger partial charge in [0.15, 0.2) is 0 Å². The van der Waals surface area contributed by atoms with Crippen LogP contribution in [0.5, 0.6) is 23.0 Å². The first-order valence-electron chi connectivity index (χ1n) is 9.45. The summed E-state index contributed by atoms with van der Waals surface area (Å²) in [6, 6.07) is 29.9. The van der Waals surface area contributed by atoms with Crippen molar-refractivity contribution in [1.29, 1.82) is 0 Å². The average Bonchev–Trinajstić information content (AvgIpc) is 2.77. The number of hydrogen-bond acceptors (Lipinski definition) is 5. The number of nitrogen functional groups attached to an aromatic ring is 2. The number of nitrogens with zero attached hydrogens (tertiary/aromatic N) is 1. The smallest absolute Gasteiger partial charge is 0.127 e. The van der Waals surface area contributed by atoms with Gasteiger partial charge in [-0.3, -0.25) is 4.99 Å². The fourth-order valence-corrected chi connectivity index (χ4v) is 2.72. The van der Waals surface area contributed by atoms with Crippen LogP contribution in [0.3, 0.4) is 0 Å². The van der Waals surface area contributed by atoms with Crippen LogP contribution >= 0.6 is 0 Å². The number of ether oxygens (including phenoxy) is 2. The van der Waals surface area contributed by atoms with Gasteiger partial charge in [-0.15, -0.1) is 0 Å². The zero-order valence-corrected chi connectivity index (χ0v) is 16.2. The summed E-state index contributed by atoms with van der Waals surface area (Å²) in [6.07, 6.45) is 1.81. The van der Waals surface area contributed by atoms with Gasteiger partial charge in [0.05, 0.1) is 5.69 Å². The van der Waals surface area contributed by atoms with Crippen molar-refractivity contribution in [2.24, 2.45) is 4.99 Å². The molecule has 30 heavy (non-hydrogen) atoms. The first-order chi connectivity index (χ1) is 14.6. The molecule has 0 aliphatic rings. The largest absolute Gasteiger partial charge is 0.457 e. The molecule has 148 valence electrons. The number of nitrogens with two attached hydrogens (primary N) is 2. The van der Waals surface area contributed by atoms with Gasteiger partial charge in [0, 0.05) is 17.6 Å². The van der Waals surface area contributed by atoms with Crippen molar-refractivity contribution < 1.29 is 9.47 Å². The van der Waals surface area contributed by atoms with Crippen LogP contribution in [0.4, 0.5) is 17.1 Å². The fraction of sp³-hybridized carbons (Fsp3) is 0. The molecule has 4 aromatic carbocycles. The summed E-state index contributed by atoms with van der Waals surface area (Å²) >= 11 is 0. The Hall–Kier alpha value is -4.25. The van der Waals surface area contributed by atoms with Crippen molar-refractivity contribution >= 4 is 23.3 Å². The van der Waals surface area contributed by atoms with Gasteiger partial charge in [-0.25, -0.2) is 0 Å². The summed E-state index contributed by atoms with van der Waals surface area (Å²) in [7, 11) is 0. The lowest BCUT2D eigenvalue weighted by molar-refractivity contribution is 0.482. The maximum Gasteiger partial charge on any atom is 0.127 e. The van der Waals surface area contributed by atoms with Crippen LogP contribution < -0.4 is 20.9 Å². The second-order valence-corrected chi connectivity index (χ2v) is 6.66. The van der Waals surface area contributed by atoms with Crippen LogP contribution in [0.15, 0.2) is 102 Å². The number of hydrogen-bond donors (Lipinski definition) is 2. The molecule has 0 saturated heterocycles. The third-order valence-corrected chi connectivity index (χ3v) is 4.31. The van der Waals surface area contributed by atoms with Crippen molar-refractivity contribution in [3.63, 3.8) is 0 Å². The monoisotopic (exact) mass is 395 g/mol. The summed E-state index contributed by atoms with van der Waals surface area (Å²) in [6.45, 7) is 0. The topological polar surface area (TPSA) is 82.9 Å². The van der Waals surface area contributed by atoms with Crippen molar-refractivity contribution in [1.82, 2.24) is 0 Å². The Balaban J connectivity index is 1.36. The maximum absolute atomic E-state index is 5.80. The number of aliphatic imine (C=N–C) groups is 1. The van der Waals surface area contributed by atoms with E-state index in [1.165, 1.54) is 0 Å². The van der Waals surface area contributed by atoms with Crippen LogP contribution in [-0.4, -0.2) is 6.21 Å². The van der Waals surface area contributed by atoms with Crippen molar-refractivity contribution in [2.75, 3.05) is 11.5 Å². The second kappa shape index (κ2) is 8.84. The van der Waals surface area contributed by atoms with E-state index in [4.69, 9.17) is 20.9 Å². The quantitative estimate of drug-likeness (QED) is 0.301. The summed E-state index contributed by atoms with van der Waals surface area (Å²) in [5.41, 5.74) is 14.6. The van der Waals surface area contributed by atoms with E-state index in [0.29, 0.717) is 11.4 Å². The first-order valence-corrected chi connectivity index (χ1v) is 9.45. The number of rotatable bonds is 6. The van der Waals surface area contributed by atoms with Gasteiger partial charge in [-0.1, -0.05) is 0 Å². The van der Waals surface area contributed by atoms with Crippen LogP contribution in [0.2, 0.25) is 0 Å². The van der Waals surface area contributed by atoms with E-state index in [0.717, 1.165) is 34.2 Å². The van der Waals surface area contributed by atoms with E-state index in [1.807, 2.05) is 91.1 Å². The molecule has 0 aliphatic carbocycles. The van der Waals surface area contributed by atoms with Gasteiger partial charge in [0.1, 0.15) is 23.0 Å². The van der Waals surface area contributed by atoms with Crippen LogP contribution in [0.1, 0.15) is 5.56 Å². The SMILES string of the molecule is Nc1ccc(Oc2ccc(C=Nc3ccc(Oc4ccc(N)cc4)cc3)cc2)cc1. The Bertz CT molecular complexity index is 1030. The highest BCUT2D eigenvalue weighted by molar-refractivity contribution is 5.82. The van der Waals surface area contributed by atoms with E-state index in [-0.39, 0.29) is 0 Å². The zero-order valence-electron chi connectivity index (χ0n) is 16.2. The van der Waals surface area contributed by atoms with Gasteiger partial charge in [-0.05, 0) is 103 Å². The van der Waals surface area contributed by atoms with Crippen molar-refractivity contribution in [2.45, 2.75) is 0 Å². The molecular weight excluding hydrogens is 374 g/mol. The Morgan fingerprint density at radius 1 is 0.500 bits per heavy atom. The molecule has 0 amide bonds. The Labute approximate surface area is 175 Å². The van der Waals surface area contributed by atoms with Crippen molar-refractivity contribution in [3.05, 3.63) is 103 Å². The van der Waals surface area contributed by atoms with Gasteiger partial charge >= 0.3 is 0 Å². The second-order valence-electron chi connectivity index (χ2n) is 6.66. The van der Waals surface area contributed by atoms with E-state index >= 15 is 0 Å². The lowest BCUT2D eigenvalue weighted by Gasteiger charge is -2.06. The molecule has 0 aromatic heterocycles. The summed E-state index contributed by atoms with van der Waals surface area (Å²) < 4.78 is 11.6. The predicted octanol–water partition coefficient (Wildman–Crippen LogP) is 6.19. The highest BCUT2D eigenvalue weighted by atomic mass is 16.5. The zero-order chi connectivity index (χ0) is 20.8. The van der Waals surface area contributed by atoms with E-state index in [1.54, 1.807) is 12.1 Å². The molecular formula is C25H21N3O2. The average molecular weight is 395 g/mol. The molecule has 4 rings (SSSR count). The molecule has 0 spiro atoms. The number of anilines is 2. The molecule has 0 aliphatic heterocycles. The molecule has 0 atom stereocenters. The molecule has 5 nitrogen and oxygen atoms in total. The van der Waals surface area contributed by atoms with E-state index in [2.05, 4.69) is 4.99 Å². The highest BCUT2D eigenvalue weighted by Crippen LogP contribution is 2.25. The number of benzene rings is 4. The highest BCUT2D eigenvalue weighted by Gasteiger charge is 1.99. The van der Waals surface area contributed by atoms with Gasteiger partial charge in [0.2, 0.25) is 0 Å². The normalized spacial score (nSPS) is 10.8. The standard InChI is InChI=1S/C25H21N3O2/c26-19-3-11-23(12-4-19)29-22-9-1-18(2-10-22)17-28-21-7-15-25(16-8-21)30-24-13-5-20(27)6-14-24/h1-17H,26-27H2. The van der Waals surface area contributed by atoms with Gasteiger partial charge in [0.25, 0.3) is 0 Å².